The highest BCUT2D eigenvalue weighted by atomic mass is 19.1. The van der Waals surface area contributed by atoms with Gasteiger partial charge in [-0.3, -0.25) is 5.01 Å². The van der Waals surface area contributed by atoms with E-state index in [1.807, 2.05) is 11.0 Å². The first-order valence-corrected chi connectivity index (χ1v) is 4.89. The Hall–Kier alpha value is -1.65. The fourth-order valence-corrected chi connectivity index (χ4v) is 1.73. The Morgan fingerprint density at radius 3 is 2.40 bits per heavy atom. The smallest absolute Gasteiger partial charge is 0.146 e. The summed E-state index contributed by atoms with van der Waals surface area (Å²) in [5, 5.41) is 4.32. The van der Waals surface area contributed by atoms with Crippen LogP contribution in [0.5, 0.6) is 0 Å². The Balaban J connectivity index is 2.07. The number of benzene rings is 1. The highest BCUT2D eigenvalue weighted by Crippen LogP contribution is 2.19. The van der Waals surface area contributed by atoms with Gasteiger partial charge in [0.15, 0.2) is 0 Å². The van der Waals surface area contributed by atoms with Gasteiger partial charge in [0.25, 0.3) is 0 Å². The summed E-state index contributed by atoms with van der Waals surface area (Å²) in [5.74, 6) is -0.218. The van der Waals surface area contributed by atoms with Crippen LogP contribution in [0.1, 0.15) is 0 Å². The van der Waals surface area contributed by atoms with Crippen molar-refractivity contribution in [2.24, 2.45) is 5.29 Å². The van der Waals surface area contributed by atoms with Gasteiger partial charge in [-0.15, -0.1) is 4.91 Å². The SMILES string of the molecule is O=NN1CCN(c2ccccc2F)CC1. The van der Waals surface area contributed by atoms with Gasteiger partial charge in [0, 0.05) is 13.1 Å². The van der Waals surface area contributed by atoms with Gasteiger partial charge >= 0.3 is 0 Å². The first kappa shape index (κ1) is 9.89. The number of halogens is 1. The van der Waals surface area contributed by atoms with E-state index in [0.717, 1.165) is 0 Å². The Morgan fingerprint density at radius 2 is 1.80 bits per heavy atom. The first-order valence-electron chi connectivity index (χ1n) is 4.89. The second-order valence-corrected chi connectivity index (χ2v) is 3.47. The second-order valence-electron chi connectivity index (χ2n) is 3.47. The van der Waals surface area contributed by atoms with Crippen molar-refractivity contribution >= 4 is 5.69 Å². The summed E-state index contributed by atoms with van der Waals surface area (Å²) in [6.07, 6.45) is 0. The molecular formula is C10H12FN3O. The molecule has 1 saturated heterocycles. The molecule has 80 valence electrons. The molecule has 0 radical (unpaired) electrons. The second kappa shape index (κ2) is 4.25. The molecule has 5 heteroatoms. The van der Waals surface area contributed by atoms with E-state index < -0.39 is 0 Å². The number of hydrogen-bond acceptors (Lipinski definition) is 3. The molecule has 1 aromatic carbocycles. The molecule has 0 spiro atoms. The summed E-state index contributed by atoms with van der Waals surface area (Å²) in [5.41, 5.74) is 0.600. The van der Waals surface area contributed by atoms with Crippen molar-refractivity contribution in [3.63, 3.8) is 0 Å². The minimum Gasteiger partial charge on any atom is -0.365 e. The molecule has 0 aliphatic carbocycles. The highest BCUT2D eigenvalue weighted by molar-refractivity contribution is 5.47. The molecule has 1 heterocycles. The molecule has 2 rings (SSSR count). The lowest BCUT2D eigenvalue weighted by atomic mass is 10.2. The van der Waals surface area contributed by atoms with Gasteiger partial charge in [0.2, 0.25) is 0 Å². The van der Waals surface area contributed by atoms with Crippen LogP contribution in [0.15, 0.2) is 29.6 Å². The van der Waals surface area contributed by atoms with Crippen molar-refractivity contribution in [1.82, 2.24) is 5.01 Å². The molecule has 0 bridgehead atoms. The third-order valence-corrected chi connectivity index (χ3v) is 2.56. The fourth-order valence-electron chi connectivity index (χ4n) is 1.73. The molecule has 4 nitrogen and oxygen atoms in total. The number of piperazine rings is 1. The number of rotatable bonds is 2. The maximum atomic E-state index is 13.4. The van der Waals surface area contributed by atoms with Gasteiger partial charge in [-0.1, -0.05) is 12.1 Å². The normalized spacial score (nSPS) is 16.6. The minimum atomic E-state index is -0.218. The lowest BCUT2D eigenvalue weighted by Crippen LogP contribution is -2.44. The van der Waals surface area contributed by atoms with Crippen molar-refractivity contribution < 1.29 is 4.39 Å². The summed E-state index contributed by atoms with van der Waals surface area (Å²) >= 11 is 0. The Labute approximate surface area is 87.2 Å². The van der Waals surface area contributed by atoms with Crippen molar-refractivity contribution in [1.29, 1.82) is 0 Å². The molecule has 1 aromatic rings. The van der Waals surface area contributed by atoms with Crippen molar-refractivity contribution in [2.75, 3.05) is 31.1 Å². The van der Waals surface area contributed by atoms with Crippen LogP contribution in [-0.4, -0.2) is 31.2 Å². The molecule has 0 aromatic heterocycles. The van der Waals surface area contributed by atoms with Crippen molar-refractivity contribution in [2.45, 2.75) is 0 Å². The van der Waals surface area contributed by atoms with Crippen molar-refractivity contribution in [3.8, 4) is 0 Å². The predicted molar refractivity (Wildman–Crippen MR) is 56.0 cm³/mol. The molecule has 0 unspecified atom stereocenters. The molecular weight excluding hydrogens is 197 g/mol. The summed E-state index contributed by atoms with van der Waals surface area (Å²) in [6.45, 7) is 2.37. The number of nitroso groups, excluding NO2 is 1. The van der Waals surface area contributed by atoms with E-state index in [4.69, 9.17) is 0 Å². The lowest BCUT2D eigenvalue weighted by molar-refractivity contribution is 0.266. The van der Waals surface area contributed by atoms with Crippen LogP contribution < -0.4 is 4.90 Å². The van der Waals surface area contributed by atoms with Gasteiger partial charge < -0.3 is 4.90 Å². The van der Waals surface area contributed by atoms with Crippen LogP contribution in [0.2, 0.25) is 0 Å². The lowest BCUT2D eigenvalue weighted by Gasteiger charge is -2.32. The highest BCUT2D eigenvalue weighted by Gasteiger charge is 2.18. The standard InChI is InChI=1S/C10H12FN3O/c11-9-3-1-2-4-10(9)13-5-7-14(12-15)8-6-13/h1-4H,5-8H2. The van der Waals surface area contributed by atoms with E-state index in [1.54, 1.807) is 12.1 Å². The molecule has 0 amide bonds. The quantitative estimate of drug-likeness (QED) is 0.694. The number of anilines is 1. The summed E-state index contributed by atoms with van der Waals surface area (Å²) in [6, 6.07) is 6.67. The zero-order chi connectivity index (χ0) is 10.7. The zero-order valence-electron chi connectivity index (χ0n) is 8.27. The van der Waals surface area contributed by atoms with Gasteiger partial charge in [0.05, 0.1) is 24.1 Å². The predicted octanol–water partition coefficient (Wildman–Crippen LogP) is 1.63. The van der Waals surface area contributed by atoms with E-state index in [1.165, 1.54) is 11.1 Å². The number of para-hydroxylation sites is 1. The Morgan fingerprint density at radius 1 is 1.13 bits per heavy atom. The molecule has 1 aliphatic rings. The Bertz CT molecular complexity index is 350. The van der Waals surface area contributed by atoms with Gasteiger partial charge in [0.1, 0.15) is 5.82 Å². The van der Waals surface area contributed by atoms with Crippen LogP contribution >= 0.6 is 0 Å². The van der Waals surface area contributed by atoms with E-state index in [9.17, 15) is 9.30 Å². The maximum Gasteiger partial charge on any atom is 0.146 e. The van der Waals surface area contributed by atoms with Crippen LogP contribution in [0, 0.1) is 10.7 Å². The van der Waals surface area contributed by atoms with Crippen LogP contribution in [0.25, 0.3) is 0 Å². The monoisotopic (exact) mass is 209 g/mol. The van der Waals surface area contributed by atoms with Crippen LogP contribution in [0.3, 0.4) is 0 Å². The molecule has 1 aliphatic heterocycles. The van der Waals surface area contributed by atoms with E-state index >= 15 is 0 Å². The minimum absolute atomic E-state index is 0.218. The number of hydrogen-bond donors (Lipinski definition) is 0. The van der Waals surface area contributed by atoms with Gasteiger partial charge in [-0.2, -0.15) is 0 Å². The van der Waals surface area contributed by atoms with Gasteiger partial charge in [-0.25, -0.2) is 4.39 Å². The fraction of sp³-hybridized carbons (Fsp3) is 0.400. The average Bonchev–Trinajstić information content (AvgIpc) is 2.30. The van der Waals surface area contributed by atoms with Crippen LogP contribution in [0.4, 0.5) is 10.1 Å². The number of nitrogens with zero attached hydrogens (tertiary/aromatic N) is 3. The molecule has 15 heavy (non-hydrogen) atoms. The van der Waals surface area contributed by atoms with E-state index in [-0.39, 0.29) is 5.82 Å². The topological polar surface area (TPSA) is 35.9 Å². The molecule has 0 saturated carbocycles. The van der Waals surface area contributed by atoms with Crippen LogP contribution in [-0.2, 0) is 0 Å². The zero-order valence-corrected chi connectivity index (χ0v) is 8.27. The molecule has 1 fully saturated rings. The largest absolute Gasteiger partial charge is 0.365 e. The third-order valence-electron chi connectivity index (χ3n) is 2.56. The summed E-state index contributed by atoms with van der Waals surface area (Å²) < 4.78 is 13.4. The van der Waals surface area contributed by atoms with E-state index in [0.29, 0.717) is 31.9 Å². The average molecular weight is 209 g/mol. The summed E-state index contributed by atoms with van der Waals surface area (Å²) in [4.78, 5) is 12.2. The van der Waals surface area contributed by atoms with E-state index in [2.05, 4.69) is 5.29 Å². The third kappa shape index (κ3) is 2.06. The maximum absolute atomic E-state index is 13.4. The van der Waals surface area contributed by atoms with Gasteiger partial charge in [-0.05, 0) is 12.1 Å². The first-order chi connectivity index (χ1) is 7.31. The Kier molecular flexibility index (Phi) is 2.80. The molecule has 0 N–H and O–H groups in total. The molecule has 0 atom stereocenters. The summed E-state index contributed by atoms with van der Waals surface area (Å²) in [7, 11) is 0. The van der Waals surface area contributed by atoms with Crippen molar-refractivity contribution in [3.05, 3.63) is 35.0 Å².